The van der Waals surface area contributed by atoms with Gasteiger partial charge in [-0.15, -0.1) is 0 Å². The van der Waals surface area contributed by atoms with E-state index in [0.29, 0.717) is 12.1 Å². The third kappa shape index (κ3) is 3.80. The van der Waals surface area contributed by atoms with E-state index in [-0.39, 0.29) is 0 Å². The summed E-state index contributed by atoms with van der Waals surface area (Å²) in [5.74, 6) is 1.84. The molecule has 0 spiro atoms. The zero-order valence-corrected chi connectivity index (χ0v) is 15.2. The Morgan fingerprint density at radius 3 is 2.44 bits per heavy atom. The van der Waals surface area contributed by atoms with Crippen molar-refractivity contribution in [2.45, 2.75) is 63.5 Å². The average molecular weight is 357 g/mol. The Kier molecular flexibility index (Phi) is 4.91. The number of nitrogens with zero attached hydrogens (tertiary/aromatic N) is 2. The second-order valence-corrected chi connectivity index (χ2v) is 7.73. The predicted molar refractivity (Wildman–Crippen MR) is 103 cm³/mol. The molecule has 1 aromatic heterocycles. The van der Waals surface area contributed by atoms with Crippen LogP contribution in [-0.2, 0) is 12.8 Å². The first-order chi connectivity index (χ1) is 12.2. The lowest BCUT2D eigenvalue weighted by Crippen LogP contribution is -2.33. The molecule has 2 aromatic rings. The molecule has 0 atom stereocenters. The van der Waals surface area contributed by atoms with E-state index in [1.54, 1.807) is 0 Å². The summed E-state index contributed by atoms with van der Waals surface area (Å²) in [6.07, 6.45) is 8.98. The highest BCUT2D eigenvalue weighted by Gasteiger charge is 2.23. The minimum Gasteiger partial charge on any atom is -0.367 e. The molecule has 132 valence electrons. The summed E-state index contributed by atoms with van der Waals surface area (Å²) in [5, 5.41) is 4.45. The molecule has 4 rings (SSSR count). The number of fused-ring (bicyclic) bond motifs is 1. The van der Waals surface area contributed by atoms with E-state index in [9.17, 15) is 0 Å². The van der Waals surface area contributed by atoms with E-state index in [0.717, 1.165) is 60.8 Å². The first-order valence-corrected chi connectivity index (χ1v) is 9.74. The number of aromatic nitrogens is 2. The van der Waals surface area contributed by atoms with Crippen molar-refractivity contribution in [3.8, 4) is 11.4 Å². The maximum atomic E-state index is 6.05. The summed E-state index contributed by atoms with van der Waals surface area (Å²) >= 11 is 6.02. The number of hydrogen-bond donors (Lipinski definition) is 2. The number of halogens is 1. The maximum Gasteiger partial charge on any atom is 0.161 e. The summed E-state index contributed by atoms with van der Waals surface area (Å²) < 4.78 is 0. The van der Waals surface area contributed by atoms with Gasteiger partial charge in [0.1, 0.15) is 5.82 Å². The van der Waals surface area contributed by atoms with Crippen LogP contribution in [0.2, 0.25) is 5.02 Å². The fraction of sp³-hybridized carbons (Fsp3) is 0.500. The number of aryl methyl sites for hydroxylation is 1. The van der Waals surface area contributed by atoms with Gasteiger partial charge in [-0.2, -0.15) is 0 Å². The smallest absolute Gasteiger partial charge is 0.161 e. The van der Waals surface area contributed by atoms with Crippen LogP contribution in [0.3, 0.4) is 0 Å². The minimum absolute atomic E-state index is 0.363. The van der Waals surface area contributed by atoms with E-state index in [4.69, 9.17) is 27.3 Å². The van der Waals surface area contributed by atoms with Gasteiger partial charge in [0, 0.05) is 33.9 Å². The fourth-order valence-corrected chi connectivity index (χ4v) is 4.02. The molecule has 0 saturated heterocycles. The summed E-state index contributed by atoms with van der Waals surface area (Å²) in [6, 6.07) is 8.62. The van der Waals surface area contributed by atoms with E-state index < -0.39 is 0 Å². The molecule has 1 saturated carbocycles. The Labute approximate surface area is 154 Å². The molecular formula is C20H25ClN4. The SMILES string of the molecule is NC1CCC(Nc2nc(-c3ccc(Cl)cc3)nc3c2CCCC3)CC1. The van der Waals surface area contributed by atoms with Crippen LogP contribution in [-0.4, -0.2) is 22.1 Å². The number of nitrogens with one attached hydrogen (secondary N) is 1. The molecule has 3 N–H and O–H groups in total. The minimum atomic E-state index is 0.363. The summed E-state index contributed by atoms with van der Waals surface area (Å²) in [7, 11) is 0. The molecule has 0 amide bonds. The largest absolute Gasteiger partial charge is 0.367 e. The zero-order chi connectivity index (χ0) is 17.2. The van der Waals surface area contributed by atoms with E-state index in [1.807, 2.05) is 24.3 Å². The normalized spacial score (nSPS) is 23.1. The van der Waals surface area contributed by atoms with Crippen molar-refractivity contribution >= 4 is 17.4 Å². The number of anilines is 1. The van der Waals surface area contributed by atoms with E-state index >= 15 is 0 Å². The molecule has 0 unspecified atom stereocenters. The van der Waals surface area contributed by atoms with Crippen molar-refractivity contribution in [2.75, 3.05) is 5.32 Å². The van der Waals surface area contributed by atoms with Gasteiger partial charge in [0.05, 0.1) is 0 Å². The summed E-state index contributed by atoms with van der Waals surface area (Å²) in [6.45, 7) is 0. The molecule has 2 aliphatic carbocycles. The second-order valence-electron chi connectivity index (χ2n) is 7.29. The van der Waals surface area contributed by atoms with Gasteiger partial charge in [-0.3, -0.25) is 0 Å². The Bertz CT molecular complexity index is 736. The highest BCUT2D eigenvalue weighted by Crippen LogP contribution is 2.31. The number of nitrogens with two attached hydrogens (primary N) is 1. The van der Waals surface area contributed by atoms with Crippen molar-refractivity contribution in [3.63, 3.8) is 0 Å². The molecular weight excluding hydrogens is 332 g/mol. The van der Waals surface area contributed by atoms with E-state index in [2.05, 4.69) is 5.32 Å². The lowest BCUT2D eigenvalue weighted by atomic mass is 9.91. The molecule has 0 aliphatic heterocycles. The van der Waals surface area contributed by atoms with Gasteiger partial charge in [-0.05, 0) is 75.6 Å². The number of rotatable bonds is 3. The van der Waals surface area contributed by atoms with Crippen LogP contribution in [0, 0.1) is 0 Å². The average Bonchev–Trinajstić information content (AvgIpc) is 2.64. The summed E-state index contributed by atoms with van der Waals surface area (Å²) in [5.41, 5.74) is 9.60. The summed E-state index contributed by atoms with van der Waals surface area (Å²) in [4.78, 5) is 9.77. The lowest BCUT2D eigenvalue weighted by Gasteiger charge is -2.29. The standard InChI is InChI=1S/C20H25ClN4/c21-14-7-5-13(6-8-14)19-24-18-4-2-1-3-17(18)20(25-19)23-16-11-9-15(22)10-12-16/h5-8,15-16H,1-4,9-12,22H2,(H,23,24,25). The third-order valence-electron chi connectivity index (χ3n) is 5.40. The van der Waals surface area contributed by atoms with Crippen LogP contribution in [0.5, 0.6) is 0 Å². The molecule has 0 radical (unpaired) electrons. The molecule has 25 heavy (non-hydrogen) atoms. The van der Waals surface area contributed by atoms with Crippen LogP contribution in [0.15, 0.2) is 24.3 Å². The predicted octanol–water partition coefficient (Wildman–Crippen LogP) is 4.36. The van der Waals surface area contributed by atoms with Crippen LogP contribution >= 0.6 is 11.6 Å². The number of hydrogen-bond acceptors (Lipinski definition) is 4. The zero-order valence-electron chi connectivity index (χ0n) is 14.5. The Morgan fingerprint density at radius 2 is 1.68 bits per heavy atom. The van der Waals surface area contributed by atoms with Crippen molar-refractivity contribution < 1.29 is 0 Å². The number of benzene rings is 1. The fourth-order valence-electron chi connectivity index (χ4n) is 3.90. The van der Waals surface area contributed by atoms with Gasteiger partial charge in [-0.25, -0.2) is 9.97 Å². The second kappa shape index (κ2) is 7.30. The van der Waals surface area contributed by atoms with Gasteiger partial charge >= 0.3 is 0 Å². The molecule has 5 heteroatoms. The first-order valence-electron chi connectivity index (χ1n) is 9.37. The van der Waals surface area contributed by atoms with Gasteiger partial charge in [0.15, 0.2) is 5.82 Å². The topological polar surface area (TPSA) is 63.8 Å². The van der Waals surface area contributed by atoms with Crippen molar-refractivity contribution in [3.05, 3.63) is 40.5 Å². The van der Waals surface area contributed by atoms with Gasteiger partial charge in [0.25, 0.3) is 0 Å². The molecule has 1 fully saturated rings. The highest BCUT2D eigenvalue weighted by atomic mass is 35.5. The monoisotopic (exact) mass is 356 g/mol. The quantitative estimate of drug-likeness (QED) is 0.857. The lowest BCUT2D eigenvalue weighted by molar-refractivity contribution is 0.410. The molecule has 4 nitrogen and oxygen atoms in total. The Hall–Kier alpha value is -1.65. The Balaban J connectivity index is 1.66. The van der Waals surface area contributed by atoms with Crippen LogP contribution in [0.4, 0.5) is 5.82 Å². The Morgan fingerprint density at radius 1 is 0.960 bits per heavy atom. The molecule has 2 aliphatic rings. The molecule has 1 heterocycles. The van der Waals surface area contributed by atoms with Crippen molar-refractivity contribution in [1.82, 2.24) is 9.97 Å². The van der Waals surface area contributed by atoms with Crippen LogP contribution in [0.1, 0.15) is 49.8 Å². The maximum absolute atomic E-state index is 6.05. The van der Waals surface area contributed by atoms with Crippen molar-refractivity contribution in [2.24, 2.45) is 5.73 Å². The first kappa shape index (κ1) is 16.8. The van der Waals surface area contributed by atoms with Crippen molar-refractivity contribution in [1.29, 1.82) is 0 Å². The third-order valence-corrected chi connectivity index (χ3v) is 5.65. The highest BCUT2D eigenvalue weighted by molar-refractivity contribution is 6.30. The van der Waals surface area contributed by atoms with Crippen LogP contribution < -0.4 is 11.1 Å². The molecule has 1 aromatic carbocycles. The van der Waals surface area contributed by atoms with Gasteiger partial charge in [-0.1, -0.05) is 11.6 Å². The van der Waals surface area contributed by atoms with Gasteiger partial charge in [0.2, 0.25) is 0 Å². The van der Waals surface area contributed by atoms with Crippen LogP contribution in [0.25, 0.3) is 11.4 Å². The van der Waals surface area contributed by atoms with E-state index in [1.165, 1.54) is 24.1 Å². The van der Waals surface area contributed by atoms with Gasteiger partial charge < -0.3 is 11.1 Å². The molecule has 0 bridgehead atoms.